The fraction of sp³-hybridized carbons (Fsp3) is 0.500. The van der Waals surface area contributed by atoms with Gasteiger partial charge in [-0.25, -0.2) is 9.97 Å². The number of aromatic nitrogens is 6. The Morgan fingerprint density at radius 3 is 2.75 bits per heavy atom. The van der Waals surface area contributed by atoms with Gasteiger partial charge in [0, 0.05) is 0 Å². The van der Waals surface area contributed by atoms with Crippen LogP contribution in [0, 0.1) is 11.3 Å². The fourth-order valence-corrected chi connectivity index (χ4v) is 2.40. The predicted molar refractivity (Wildman–Crippen MR) is 69.8 cm³/mol. The Balaban J connectivity index is 1.84. The third-order valence-electron chi connectivity index (χ3n) is 3.45. The highest BCUT2D eigenvalue weighted by molar-refractivity contribution is 5.35. The molecule has 0 bridgehead atoms. The van der Waals surface area contributed by atoms with Crippen LogP contribution in [0.1, 0.15) is 32.1 Å². The van der Waals surface area contributed by atoms with Gasteiger partial charge < -0.3 is 5.32 Å². The van der Waals surface area contributed by atoms with Gasteiger partial charge in [0.2, 0.25) is 5.95 Å². The second-order valence-corrected chi connectivity index (χ2v) is 4.83. The first kappa shape index (κ1) is 12.5. The van der Waals surface area contributed by atoms with Crippen LogP contribution in [0.3, 0.4) is 0 Å². The van der Waals surface area contributed by atoms with Gasteiger partial charge in [-0.15, -0.1) is 0 Å². The van der Waals surface area contributed by atoms with Gasteiger partial charge in [-0.3, -0.25) is 0 Å². The quantitative estimate of drug-likeness (QED) is 0.889. The van der Waals surface area contributed by atoms with Crippen molar-refractivity contribution in [2.24, 2.45) is 0 Å². The van der Waals surface area contributed by atoms with Crippen LogP contribution < -0.4 is 5.32 Å². The summed E-state index contributed by atoms with van der Waals surface area (Å²) < 4.78 is 1.45. The van der Waals surface area contributed by atoms with E-state index in [1.807, 2.05) is 0 Å². The highest BCUT2D eigenvalue weighted by Gasteiger charge is 2.32. The van der Waals surface area contributed by atoms with Crippen molar-refractivity contribution in [3.05, 3.63) is 19.0 Å². The molecule has 1 fully saturated rings. The lowest BCUT2D eigenvalue weighted by Crippen LogP contribution is -2.39. The summed E-state index contributed by atoms with van der Waals surface area (Å²) in [5, 5.41) is 16.6. The average molecular weight is 270 g/mol. The number of nitriles is 1. The molecule has 0 spiro atoms. The summed E-state index contributed by atoms with van der Waals surface area (Å²) in [6, 6.07) is 2.37. The highest BCUT2D eigenvalue weighted by Crippen LogP contribution is 2.30. The van der Waals surface area contributed by atoms with Crippen molar-refractivity contribution < 1.29 is 0 Å². The summed E-state index contributed by atoms with van der Waals surface area (Å²) in [4.78, 5) is 16.3. The maximum Gasteiger partial charge on any atom is 0.256 e. The molecule has 0 unspecified atom stereocenters. The largest absolute Gasteiger partial charge is 0.336 e. The first-order valence-electron chi connectivity index (χ1n) is 6.55. The second-order valence-electron chi connectivity index (χ2n) is 4.83. The van der Waals surface area contributed by atoms with Crippen molar-refractivity contribution in [3.63, 3.8) is 0 Å². The van der Waals surface area contributed by atoms with Crippen LogP contribution >= 0.6 is 0 Å². The van der Waals surface area contributed by atoms with Crippen molar-refractivity contribution in [3.8, 4) is 12.0 Å². The van der Waals surface area contributed by atoms with Crippen molar-refractivity contribution in [2.45, 2.75) is 37.6 Å². The summed E-state index contributed by atoms with van der Waals surface area (Å²) in [6.45, 7) is 0. The Hall–Kier alpha value is -2.56. The zero-order valence-corrected chi connectivity index (χ0v) is 10.9. The molecule has 0 saturated heterocycles. The van der Waals surface area contributed by atoms with Crippen LogP contribution in [0.5, 0.6) is 0 Å². The van der Waals surface area contributed by atoms with Crippen molar-refractivity contribution in [2.75, 3.05) is 5.32 Å². The van der Waals surface area contributed by atoms with E-state index in [0.29, 0.717) is 11.9 Å². The molecule has 0 aromatic carbocycles. The molecule has 0 radical (unpaired) electrons. The van der Waals surface area contributed by atoms with E-state index in [2.05, 4.69) is 36.4 Å². The van der Waals surface area contributed by atoms with Gasteiger partial charge in [0.05, 0.1) is 6.07 Å². The van der Waals surface area contributed by atoms with Gasteiger partial charge >= 0.3 is 0 Å². The van der Waals surface area contributed by atoms with E-state index < -0.39 is 5.54 Å². The summed E-state index contributed by atoms with van der Waals surface area (Å²) >= 11 is 0. The summed E-state index contributed by atoms with van der Waals surface area (Å²) in [6.07, 6.45) is 9.21. The van der Waals surface area contributed by atoms with Gasteiger partial charge in [0.15, 0.2) is 0 Å². The molecule has 20 heavy (non-hydrogen) atoms. The molecule has 2 aromatic heterocycles. The van der Waals surface area contributed by atoms with Crippen molar-refractivity contribution >= 4 is 5.95 Å². The Bertz CT molecular complexity index is 609. The number of hydrogen-bond acceptors (Lipinski definition) is 7. The standard InChI is InChI=1S/C12H14N8/c13-6-12(4-2-1-3-5-12)19-10-15-8-16-11(18-10)20-9-14-7-17-20/h7-9H,1-5H2,(H,15,16,18,19). The molecule has 2 heterocycles. The van der Waals surface area contributed by atoms with Crippen LogP contribution in [0.25, 0.3) is 5.95 Å². The molecule has 2 aromatic rings. The molecule has 0 aliphatic heterocycles. The molecule has 0 amide bonds. The highest BCUT2D eigenvalue weighted by atomic mass is 15.4. The Morgan fingerprint density at radius 1 is 1.20 bits per heavy atom. The monoisotopic (exact) mass is 270 g/mol. The minimum absolute atomic E-state index is 0.379. The van der Waals surface area contributed by atoms with E-state index in [9.17, 15) is 5.26 Å². The number of hydrogen-bond donors (Lipinski definition) is 1. The lowest BCUT2D eigenvalue weighted by atomic mass is 9.83. The molecular formula is C12H14N8. The van der Waals surface area contributed by atoms with Crippen LogP contribution in [0.4, 0.5) is 5.95 Å². The number of nitrogens with zero attached hydrogens (tertiary/aromatic N) is 7. The molecule has 8 nitrogen and oxygen atoms in total. The molecular weight excluding hydrogens is 256 g/mol. The third kappa shape index (κ3) is 2.42. The van der Waals surface area contributed by atoms with Gasteiger partial charge in [-0.2, -0.15) is 25.0 Å². The van der Waals surface area contributed by atoms with Crippen molar-refractivity contribution in [1.29, 1.82) is 5.26 Å². The Morgan fingerprint density at radius 2 is 2.05 bits per heavy atom. The average Bonchev–Trinajstić information content (AvgIpc) is 3.03. The second kappa shape index (κ2) is 5.21. The molecule has 1 aliphatic rings. The SMILES string of the molecule is N#CC1(Nc2ncnc(-n3cncn3)n2)CCCCC1. The molecule has 1 saturated carbocycles. The fourth-order valence-electron chi connectivity index (χ4n) is 2.40. The van der Waals surface area contributed by atoms with Gasteiger partial charge in [-0.05, 0) is 12.8 Å². The first-order valence-corrected chi connectivity index (χ1v) is 6.55. The minimum Gasteiger partial charge on any atom is -0.336 e. The van der Waals surface area contributed by atoms with E-state index >= 15 is 0 Å². The molecule has 3 rings (SSSR count). The summed E-state index contributed by atoms with van der Waals surface area (Å²) in [5.41, 5.74) is -0.570. The van der Waals surface area contributed by atoms with Gasteiger partial charge in [0.25, 0.3) is 5.95 Å². The normalized spacial score (nSPS) is 17.4. The van der Waals surface area contributed by atoms with E-state index in [-0.39, 0.29) is 0 Å². The number of anilines is 1. The Kier molecular flexibility index (Phi) is 3.25. The van der Waals surface area contributed by atoms with E-state index in [1.165, 1.54) is 30.1 Å². The van der Waals surface area contributed by atoms with E-state index in [0.717, 1.165) is 25.7 Å². The number of nitrogens with one attached hydrogen (secondary N) is 1. The zero-order valence-electron chi connectivity index (χ0n) is 10.9. The zero-order chi connectivity index (χ0) is 13.8. The predicted octanol–water partition coefficient (Wildman–Crippen LogP) is 1.09. The van der Waals surface area contributed by atoms with Crippen molar-refractivity contribution in [1.82, 2.24) is 29.7 Å². The molecule has 8 heteroatoms. The molecule has 1 N–H and O–H groups in total. The van der Waals surface area contributed by atoms with Gasteiger partial charge in [0.1, 0.15) is 24.5 Å². The van der Waals surface area contributed by atoms with Crippen LogP contribution in [0.2, 0.25) is 0 Å². The topological polar surface area (TPSA) is 105 Å². The molecule has 0 atom stereocenters. The van der Waals surface area contributed by atoms with E-state index in [1.54, 1.807) is 0 Å². The first-order chi connectivity index (χ1) is 9.81. The lowest BCUT2D eigenvalue weighted by molar-refractivity contribution is 0.390. The smallest absolute Gasteiger partial charge is 0.256 e. The molecule has 102 valence electrons. The van der Waals surface area contributed by atoms with Gasteiger partial charge in [-0.1, -0.05) is 19.3 Å². The maximum absolute atomic E-state index is 9.44. The van der Waals surface area contributed by atoms with Crippen LogP contribution in [0.15, 0.2) is 19.0 Å². The summed E-state index contributed by atoms with van der Waals surface area (Å²) in [7, 11) is 0. The van der Waals surface area contributed by atoms with Crippen LogP contribution in [-0.2, 0) is 0 Å². The third-order valence-corrected chi connectivity index (χ3v) is 3.45. The van der Waals surface area contributed by atoms with Crippen LogP contribution in [-0.4, -0.2) is 35.3 Å². The molecule has 1 aliphatic carbocycles. The van der Waals surface area contributed by atoms with E-state index in [4.69, 9.17) is 0 Å². The maximum atomic E-state index is 9.44. The number of rotatable bonds is 3. The Labute approximate surface area is 115 Å². The minimum atomic E-state index is -0.570. The summed E-state index contributed by atoms with van der Waals surface area (Å²) in [5.74, 6) is 0.776. The lowest BCUT2D eigenvalue weighted by Gasteiger charge is -2.31.